The van der Waals surface area contributed by atoms with Gasteiger partial charge in [0.1, 0.15) is 11.6 Å². The molecule has 17 heavy (non-hydrogen) atoms. The zero-order chi connectivity index (χ0) is 12.3. The predicted octanol–water partition coefficient (Wildman–Crippen LogP) is 2.75. The van der Waals surface area contributed by atoms with Crippen LogP contribution in [0, 0.1) is 5.92 Å². The molecule has 0 spiro atoms. The maximum atomic E-state index is 5.75. The SMILES string of the molecule is CC(C)c1nc(N)cc(OCC2CCCC2)n1. The highest BCUT2D eigenvalue weighted by molar-refractivity contribution is 5.33. The Kier molecular flexibility index (Phi) is 3.82. The van der Waals surface area contributed by atoms with E-state index in [1.54, 1.807) is 6.07 Å². The number of hydrogen-bond acceptors (Lipinski definition) is 4. The van der Waals surface area contributed by atoms with Crippen molar-refractivity contribution in [2.24, 2.45) is 5.92 Å². The van der Waals surface area contributed by atoms with Gasteiger partial charge in [-0.1, -0.05) is 26.7 Å². The summed E-state index contributed by atoms with van der Waals surface area (Å²) in [5.41, 5.74) is 5.75. The Morgan fingerprint density at radius 1 is 1.35 bits per heavy atom. The molecule has 0 aliphatic heterocycles. The van der Waals surface area contributed by atoms with Gasteiger partial charge >= 0.3 is 0 Å². The summed E-state index contributed by atoms with van der Waals surface area (Å²) in [6, 6.07) is 1.71. The lowest BCUT2D eigenvalue weighted by Gasteiger charge is -2.12. The van der Waals surface area contributed by atoms with Crippen LogP contribution in [0.4, 0.5) is 5.82 Å². The molecule has 0 unspecified atom stereocenters. The van der Waals surface area contributed by atoms with Crippen LogP contribution in [0.25, 0.3) is 0 Å². The number of rotatable bonds is 4. The lowest BCUT2D eigenvalue weighted by Crippen LogP contribution is -2.11. The smallest absolute Gasteiger partial charge is 0.218 e. The molecular weight excluding hydrogens is 214 g/mol. The molecule has 0 aromatic carbocycles. The third kappa shape index (κ3) is 3.32. The largest absolute Gasteiger partial charge is 0.477 e. The van der Waals surface area contributed by atoms with E-state index in [0.717, 1.165) is 12.4 Å². The molecule has 94 valence electrons. The summed E-state index contributed by atoms with van der Waals surface area (Å²) in [5, 5.41) is 0. The van der Waals surface area contributed by atoms with Crippen molar-refractivity contribution in [3.05, 3.63) is 11.9 Å². The fourth-order valence-corrected chi connectivity index (χ4v) is 2.17. The Labute approximate surface area is 103 Å². The second-order valence-electron chi connectivity index (χ2n) is 5.11. The normalized spacial score (nSPS) is 16.6. The number of nitrogen functional groups attached to an aromatic ring is 1. The first-order chi connectivity index (χ1) is 8.15. The molecule has 0 saturated heterocycles. The molecule has 2 N–H and O–H groups in total. The minimum atomic E-state index is 0.271. The van der Waals surface area contributed by atoms with Gasteiger partial charge in [0, 0.05) is 12.0 Å². The van der Waals surface area contributed by atoms with Crippen LogP contribution in [-0.4, -0.2) is 16.6 Å². The summed E-state index contributed by atoms with van der Waals surface area (Å²) >= 11 is 0. The highest BCUT2D eigenvalue weighted by atomic mass is 16.5. The Hall–Kier alpha value is -1.32. The predicted molar refractivity (Wildman–Crippen MR) is 68.0 cm³/mol. The van der Waals surface area contributed by atoms with E-state index in [9.17, 15) is 0 Å². The molecule has 4 nitrogen and oxygen atoms in total. The zero-order valence-corrected chi connectivity index (χ0v) is 10.6. The Balaban J connectivity index is 1.99. The fraction of sp³-hybridized carbons (Fsp3) is 0.692. The second kappa shape index (κ2) is 5.34. The monoisotopic (exact) mass is 235 g/mol. The lowest BCUT2D eigenvalue weighted by atomic mass is 10.1. The molecule has 1 aliphatic rings. The molecule has 1 heterocycles. The van der Waals surface area contributed by atoms with Gasteiger partial charge in [-0.2, -0.15) is 4.98 Å². The van der Waals surface area contributed by atoms with E-state index in [2.05, 4.69) is 23.8 Å². The molecule has 0 radical (unpaired) electrons. The first-order valence-corrected chi connectivity index (χ1v) is 6.42. The van der Waals surface area contributed by atoms with Crippen molar-refractivity contribution in [2.75, 3.05) is 12.3 Å². The minimum absolute atomic E-state index is 0.271. The number of anilines is 1. The maximum Gasteiger partial charge on any atom is 0.218 e. The van der Waals surface area contributed by atoms with E-state index >= 15 is 0 Å². The van der Waals surface area contributed by atoms with Gasteiger partial charge in [-0.05, 0) is 18.8 Å². The van der Waals surface area contributed by atoms with E-state index in [1.165, 1.54) is 25.7 Å². The van der Waals surface area contributed by atoms with Crippen molar-refractivity contribution in [3.8, 4) is 5.88 Å². The third-order valence-corrected chi connectivity index (χ3v) is 3.20. The van der Waals surface area contributed by atoms with Gasteiger partial charge in [0.15, 0.2) is 0 Å². The number of nitrogens with two attached hydrogens (primary N) is 1. The molecule has 4 heteroatoms. The molecule has 0 amide bonds. The van der Waals surface area contributed by atoms with Crippen LogP contribution in [0.15, 0.2) is 6.07 Å². The van der Waals surface area contributed by atoms with Gasteiger partial charge < -0.3 is 10.5 Å². The Morgan fingerprint density at radius 2 is 2.06 bits per heavy atom. The molecule has 1 aromatic rings. The number of aromatic nitrogens is 2. The van der Waals surface area contributed by atoms with E-state index in [4.69, 9.17) is 10.5 Å². The van der Waals surface area contributed by atoms with Crippen molar-refractivity contribution in [1.82, 2.24) is 9.97 Å². The number of nitrogens with zero attached hydrogens (tertiary/aromatic N) is 2. The molecular formula is C13H21N3O. The zero-order valence-electron chi connectivity index (χ0n) is 10.6. The van der Waals surface area contributed by atoms with Crippen LogP contribution in [-0.2, 0) is 0 Å². The first kappa shape index (κ1) is 12.1. The summed E-state index contributed by atoms with van der Waals surface area (Å²) in [4.78, 5) is 8.58. The van der Waals surface area contributed by atoms with Crippen LogP contribution in [0.3, 0.4) is 0 Å². The van der Waals surface area contributed by atoms with Crippen molar-refractivity contribution in [2.45, 2.75) is 45.4 Å². The lowest BCUT2D eigenvalue weighted by molar-refractivity contribution is 0.242. The highest BCUT2D eigenvalue weighted by Crippen LogP contribution is 2.25. The standard InChI is InChI=1S/C13H21N3O/c1-9(2)13-15-11(14)7-12(16-13)17-8-10-5-3-4-6-10/h7,9-10H,3-6,8H2,1-2H3,(H2,14,15,16). The van der Waals surface area contributed by atoms with E-state index < -0.39 is 0 Å². The average molecular weight is 235 g/mol. The minimum Gasteiger partial charge on any atom is -0.477 e. The van der Waals surface area contributed by atoms with E-state index in [0.29, 0.717) is 17.6 Å². The van der Waals surface area contributed by atoms with Crippen molar-refractivity contribution in [1.29, 1.82) is 0 Å². The summed E-state index contributed by atoms with van der Waals surface area (Å²) < 4.78 is 5.73. The van der Waals surface area contributed by atoms with Crippen molar-refractivity contribution < 1.29 is 4.74 Å². The van der Waals surface area contributed by atoms with Crippen LogP contribution >= 0.6 is 0 Å². The molecule has 1 fully saturated rings. The average Bonchev–Trinajstić information content (AvgIpc) is 2.78. The number of ether oxygens (including phenoxy) is 1. The highest BCUT2D eigenvalue weighted by Gasteiger charge is 2.16. The van der Waals surface area contributed by atoms with Crippen LogP contribution < -0.4 is 10.5 Å². The van der Waals surface area contributed by atoms with Gasteiger partial charge in [0.05, 0.1) is 6.61 Å². The molecule has 1 aromatic heterocycles. The van der Waals surface area contributed by atoms with Crippen LogP contribution in [0.2, 0.25) is 0 Å². The van der Waals surface area contributed by atoms with Gasteiger partial charge in [-0.15, -0.1) is 0 Å². The topological polar surface area (TPSA) is 61.0 Å². The van der Waals surface area contributed by atoms with E-state index in [-0.39, 0.29) is 5.92 Å². The summed E-state index contributed by atoms with van der Waals surface area (Å²) in [6.07, 6.45) is 5.21. The van der Waals surface area contributed by atoms with Crippen molar-refractivity contribution in [3.63, 3.8) is 0 Å². The summed E-state index contributed by atoms with van der Waals surface area (Å²) in [6.45, 7) is 4.86. The van der Waals surface area contributed by atoms with Gasteiger partial charge in [0.2, 0.25) is 5.88 Å². The van der Waals surface area contributed by atoms with E-state index in [1.807, 2.05) is 0 Å². The van der Waals surface area contributed by atoms with Crippen LogP contribution in [0.1, 0.15) is 51.3 Å². The van der Waals surface area contributed by atoms with Crippen molar-refractivity contribution >= 4 is 5.82 Å². The van der Waals surface area contributed by atoms with Gasteiger partial charge in [-0.3, -0.25) is 0 Å². The fourth-order valence-electron chi connectivity index (χ4n) is 2.17. The maximum absolute atomic E-state index is 5.75. The molecule has 1 aliphatic carbocycles. The quantitative estimate of drug-likeness (QED) is 0.871. The molecule has 0 atom stereocenters. The number of hydrogen-bond donors (Lipinski definition) is 1. The molecule has 2 rings (SSSR count). The summed E-state index contributed by atoms with van der Waals surface area (Å²) in [7, 11) is 0. The molecule has 0 bridgehead atoms. The Bertz CT molecular complexity index is 373. The summed E-state index contributed by atoms with van der Waals surface area (Å²) in [5.74, 6) is 2.82. The second-order valence-corrected chi connectivity index (χ2v) is 5.11. The first-order valence-electron chi connectivity index (χ1n) is 6.42. The van der Waals surface area contributed by atoms with Gasteiger partial charge in [-0.25, -0.2) is 4.98 Å². The Morgan fingerprint density at radius 3 is 2.71 bits per heavy atom. The molecule has 1 saturated carbocycles. The van der Waals surface area contributed by atoms with Gasteiger partial charge in [0.25, 0.3) is 0 Å². The van der Waals surface area contributed by atoms with Crippen LogP contribution in [0.5, 0.6) is 5.88 Å². The third-order valence-electron chi connectivity index (χ3n) is 3.20.